The molecule has 2 rings (SSSR count). The second-order valence-electron chi connectivity index (χ2n) is 4.57. The molecule has 0 spiro atoms. The molecular weight excluding hydrogens is 256 g/mol. The van der Waals surface area contributed by atoms with Crippen LogP contribution in [0.5, 0.6) is 11.6 Å². The van der Waals surface area contributed by atoms with Crippen LogP contribution in [0.3, 0.4) is 0 Å². The van der Waals surface area contributed by atoms with Crippen molar-refractivity contribution in [2.24, 2.45) is 5.73 Å². The Balaban J connectivity index is 2.38. The quantitative estimate of drug-likeness (QED) is 0.870. The summed E-state index contributed by atoms with van der Waals surface area (Å²) in [5.74, 6) is 1.31. The van der Waals surface area contributed by atoms with Crippen molar-refractivity contribution in [1.82, 2.24) is 4.98 Å². The maximum absolute atomic E-state index is 5.84. The molecule has 3 nitrogen and oxygen atoms in total. The van der Waals surface area contributed by atoms with Crippen molar-refractivity contribution in [1.29, 1.82) is 0 Å². The van der Waals surface area contributed by atoms with Gasteiger partial charge in [-0.3, -0.25) is 0 Å². The van der Waals surface area contributed by atoms with Crippen LogP contribution in [0, 0.1) is 20.8 Å². The van der Waals surface area contributed by atoms with Gasteiger partial charge in [0.25, 0.3) is 0 Å². The van der Waals surface area contributed by atoms with E-state index >= 15 is 0 Å². The molecule has 0 radical (unpaired) electrons. The number of hydrogen-bond donors (Lipinski definition) is 1. The standard InChI is InChI=1S/C15H16N2OS/c1-9-4-5-10(2)13(6-9)18-14-8-12(15(16)19)7-11(3)17-14/h4-8H,1-3H3,(H2,16,19). The van der Waals surface area contributed by atoms with E-state index in [1.807, 2.05) is 45.0 Å². The number of hydrogen-bond acceptors (Lipinski definition) is 3. The lowest BCUT2D eigenvalue weighted by Gasteiger charge is -2.10. The fourth-order valence-corrected chi connectivity index (χ4v) is 1.88. The fraction of sp³-hybridized carbons (Fsp3) is 0.200. The Morgan fingerprint density at radius 2 is 1.89 bits per heavy atom. The summed E-state index contributed by atoms with van der Waals surface area (Å²) >= 11 is 4.99. The molecule has 0 unspecified atom stereocenters. The third kappa shape index (κ3) is 3.29. The zero-order valence-electron chi connectivity index (χ0n) is 11.2. The van der Waals surface area contributed by atoms with Crippen LogP contribution >= 0.6 is 12.2 Å². The maximum Gasteiger partial charge on any atom is 0.220 e. The SMILES string of the molecule is Cc1ccc(C)c(Oc2cc(C(N)=S)cc(C)n2)c1. The smallest absolute Gasteiger partial charge is 0.220 e. The summed E-state index contributed by atoms with van der Waals surface area (Å²) in [5.41, 5.74) is 9.44. The normalized spacial score (nSPS) is 10.3. The van der Waals surface area contributed by atoms with Crippen LogP contribution in [0.1, 0.15) is 22.4 Å². The first kappa shape index (κ1) is 13.5. The first-order valence-electron chi connectivity index (χ1n) is 5.99. The van der Waals surface area contributed by atoms with Gasteiger partial charge in [0.15, 0.2) is 0 Å². The summed E-state index contributed by atoms with van der Waals surface area (Å²) in [4.78, 5) is 4.69. The van der Waals surface area contributed by atoms with Gasteiger partial charge in [0, 0.05) is 17.3 Å². The Hall–Kier alpha value is -1.94. The van der Waals surface area contributed by atoms with Crippen molar-refractivity contribution in [2.45, 2.75) is 20.8 Å². The minimum Gasteiger partial charge on any atom is -0.439 e. The second kappa shape index (κ2) is 5.36. The van der Waals surface area contributed by atoms with Crippen molar-refractivity contribution in [3.63, 3.8) is 0 Å². The molecule has 0 saturated carbocycles. The average Bonchev–Trinajstić information content (AvgIpc) is 2.33. The number of nitrogens with two attached hydrogens (primary N) is 1. The number of aromatic nitrogens is 1. The summed E-state index contributed by atoms with van der Waals surface area (Å²) < 4.78 is 5.84. The predicted molar refractivity (Wildman–Crippen MR) is 80.9 cm³/mol. The minimum atomic E-state index is 0.344. The van der Waals surface area contributed by atoms with E-state index in [0.717, 1.165) is 28.1 Å². The lowest BCUT2D eigenvalue weighted by atomic mass is 10.1. The molecule has 0 aliphatic heterocycles. The molecule has 0 amide bonds. The second-order valence-corrected chi connectivity index (χ2v) is 5.01. The Morgan fingerprint density at radius 3 is 2.58 bits per heavy atom. The van der Waals surface area contributed by atoms with E-state index in [-0.39, 0.29) is 0 Å². The van der Waals surface area contributed by atoms with Crippen LogP contribution in [0.15, 0.2) is 30.3 Å². The molecule has 2 aromatic rings. The highest BCUT2D eigenvalue weighted by molar-refractivity contribution is 7.80. The highest BCUT2D eigenvalue weighted by atomic mass is 32.1. The molecule has 0 aliphatic carbocycles. The van der Waals surface area contributed by atoms with Gasteiger partial charge in [-0.1, -0.05) is 24.4 Å². The highest BCUT2D eigenvalue weighted by Gasteiger charge is 2.07. The van der Waals surface area contributed by atoms with Gasteiger partial charge >= 0.3 is 0 Å². The van der Waals surface area contributed by atoms with Gasteiger partial charge in [-0.25, -0.2) is 4.98 Å². The third-order valence-corrected chi connectivity index (χ3v) is 3.01. The Bertz CT molecular complexity index is 638. The molecular formula is C15H16N2OS. The van der Waals surface area contributed by atoms with Gasteiger partial charge in [0.05, 0.1) is 0 Å². The lowest BCUT2D eigenvalue weighted by molar-refractivity contribution is 0.458. The summed E-state index contributed by atoms with van der Waals surface area (Å²) in [6.07, 6.45) is 0. The van der Waals surface area contributed by atoms with E-state index in [1.165, 1.54) is 0 Å². The van der Waals surface area contributed by atoms with Crippen molar-refractivity contribution in [3.8, 4) is 11.6 Å². The summed E-state index contributed by atoms with van der Waals surface area (Å²) in [6.45, 7) is 5.91. The summed E-state index contributed by atoms with van der Waals surface area (Å²) in [7, 11) is 0. The average molecular weight is 272 g/mol. The molecule has 19 heavy (non-hydrogen) atoms. The van der Waals surface area contributed by atoms with E-state index in [9.17, 15) is 0 Å². The fourth-order valence-electron chi connectivity index (χ4n) is 1.76. The Kier molecular flexibility index (Phi) is 3.81. The van der Waals surface area contributed by atoms with Crippen molar-refractivity contribution < 1.29 is 4.74 Å². The monoisotopic (exact) mass is 272 g/mol. The molecule has 98 valence electrons. The van der Waals surface area contributed by atoms with Crippen LogP contribution in [0.2, 0.25) is 0 Å². The van der Waals surface area contributed by atoms with Gasteiger partial charge in [0.1, 0.15) is 10.7 Å². The molecule has 0 bridgehead atoms. The van der Waals surface area contributed by atoms with Gasteiger partial charge in [-0.05, 0) is 44.0 Å². The molecule has 1 aromatic carbocycles. The largest absolute Gasteiger partial charge is 0.439 e. The lowest BCUT2D eigenvalue weighted by Crippen LogP contribution is -2.10. The maximum atomic E-state index is 5.84. The van der Waals surface area contributed by atoms with E-state index < -0.39 is 0 Å². The first-order valence-corrected chi connectivity index (χ1v) is 6.40. The van der Waals surface area contributed by atoms with Crippen molar-refractivity contribution >= 4 is 17.2 Å². The number of ether oxygens (including phenoxy) is 1. The minimum absolute atomic E-state index is 0.344. The van der Waals surface area contributed by atoms with Gasteiger partial charge in [-0.15, -0.1) is 0 Å². The third-order valence-electron chi connectivity index (χ3n) is 2.77. The highest BCUT2D eigenvalue weighted by Crippen LogP contribution is 2.25. The van der Waals surface area contributed by atoms with Crippen LogP contribution in [0.4, 0.5) is 0 Å². The zero-order valence-corrected chi connectivity index (χ0v) is 12.0. The number of thiocarbonyl (C=S) groups is 1. The molecule has 0 atom stereocenters. The molecule has 0 aliphatic rings. The molecule has 2 N–H and O–H groups in total. The van der Waals surface area contributed by atoms with E-state index in [4.69, 9.17) is 22.7 Å². The number of pyridine rings is 1. The molecule has 4 heteroatoms. The van der Waals surface area contributed by atoms with E-state index in [2.05, 4.69) is 4.98 Å². The van der Waals surface area contributed by atoms with Gasteiger partial charge in [0.2, 0.25) is 5.88 Å². The molecule has 0 fully saturated rings. The molecule has 0 saturated heterocycles. The van der Waals surface area contributed by atoms with E-state index in [0.29, 0.717) is 10.9 Å². The number of aryl methyl sites for hydroxylation is 3. The predicted octanol–water partition coefficient (Wildman–Crippen LogP) is 3.43. The first-order chi connectivity index (χ1) is 8.95. The number of rotatable bonds is 3. The van der Waals surface area contributed by atoms with Crippen molar-refractivity contribution in [3.05, 3.63) is 52.7 Å². The van der Waals surface area contributed by atoms with Gasteiger partial charge in [-0.2, -0.15) is 0 Å². The van der Waals surface area contributed by atoms with Crippen LogP contribution < -0.4 is 10.5 Å². The molecule has 1 heterocycles. The zero-order chi connectivity index (χ0) is 14.0. The summed E-state index contributed by atoms with van der Waals surface area (Å²) in [6, 6.07) is 9.66. The van der Waals surface area contributed by atoms with Crippen LogP contribution in [-0.4, -0.2) is 9.97 Å². The van der Waals surface area contributed by atoms with Gasteiger partial charge < -0.3 is 10.5 Å². The van der Waals surface area contributed by atoms with Crippen molar-refractivity contribution in [2.75, 3.05) is 0 Å². The topological polar surface area (TPSA) is 48.1 Å². The molecule has 1 aromatic heterocycles. The van der Waals surface area contributed by atoms with Crippen LogP contribution in [-0.2, 0) is 0 Å². The van der Waals surface area contributed by atoms with Crippen LogP contribution in [0.25, 0.3) is 0 Å². The Morgan fingerprint density at radius 1 is 1.16 bits per heavy atom. The van der Waals surface area contributed by atoms with E-state index in [1.54, 1.807) is 6.07 Å². The number of benzene rings is 1. The Labute approximate surface area is 118 Å². The number of nitrogens with zero attached hydrogens (tertiary/aromatic N) is 1. The summed E-state index contributed by atoms with van der Waals surface area (Å²) in [5, 5.41) is 0.